The van der Waals surface area contributed by atoms with Gasteiger partial charge in [-0.1, -0.05) is 23.7 Å². The summed E-state index contributed by atoms with van der Waals surface area (Å²) >= 11 is 9.16. The third kappa shape index (κ3) is 5.58. The molecular weight excluding hydrogens is 370 g/mol. The molecule has 2 aromatic carbocycles. The molecule has 0 fully saturated rings. The minimum atomic E-state index is -0.203. The minimum Gasteiger partial charge on any atom is -0.491 e. The van der Waals surface area contributed by atoms with Crippen molar-refractivity contribution in [2.24, 2.45) is 0 Å². The summed E-state index contributed by atoms with van der Waals surface area (Å²) in [5.41, 5.74) is 0. The van der Waals surface area contributed by atoms with Crippen LogP contribution in [0.1, 0.15) is 0 Å². The molecule has 2 aromatic rings. The molecule has 0 aromatic heterocycles. The van der Waals surface area contributed by atoms with Gasteiger partial charge in [-0.15, -0.1) is 0 Å². The van der Waals surface area contributed by atoms with Crippen molar-refractivity contribution in [3.63, 3.8) is 0 Å². The average molecular weight is 385 g/mol. The molecule has 0 bridgehead atoms. The van der Waals surface area contributed by atoms with Crippen LogP contribution < -0.4 is 14.8 Å². The van der Waals surface area contributed by atoms with Crippen LogP contribution in [0.3, 0.4) is 0 Å². The second kappa shape index (κ2) is 8.66. The molecule has 0 saturated carbocycles. The van der Waals surface area contributed by atoms with Crippen molar-refractivity contribution < 1.29 is 14.3 Å². The maximum atomic E-state index is 11.6. The quantitative estimate of drug-likeness (QED) is 0.741. The Morgan fingerprint density at radius 3 is 2.55 bits per heavy atom. The van der Waals surface area contributed by atoms with Crippen LogP contribution in [0.25, 0.3) is 0 Å². The van der Waals surface area contributed by atoms with Gasteiger partial charge >= 0.3 is 0 Å². The van der Waals surface area contributed by atoms with Gasteiger partial charge in [0, 0.05) is 5.02 Å². The molecule has 1 N–H and O–H groups in total. The molecule has 0 saturated heterocycles. The smallest absolute Gasteiger partial charge is 0.258 e. The van der Waals surface area contributed by atoms with Gasteiger partial charge in [0.05, 0.1) is 11.0 Å². The highest BCUT2D eigenvalue weighted by Crippen LogP contribution is 2.23. The Labute approximate surface area is 142 Å². The zero-order valence-corrected chi connectivity index (χ0v) is 14.1. The lowest BCUT2D eigenvalue weighted by Crippen LogP contribution is -2.32. The van der Waals surface area contributed by atoms with Crippen molar-refractivity contribution in [2.75, 3.05) is 19.8 Å². The molecule has 0 aliphatic carbocycles. The van der Waals surface area contributed by atoms with Crippen LogP contribution in [-0.4, -0.2) is 25.7 Å². The third-order valence-corrected chi connectivity index (χ3v) is 3.61. The first kappa shape index (κ1) is 16.6. The Kier molecular flexibility index (Phi) is 6.55. The van der Waals surface area contributed by atoms with E-state index in [4.69, 9.17) is 21.1 Å². The number of hydrogen-bond donors (Lipinski definition) is 1. The first-order valence-corrected chi connectivity index (χ1v) is 7.84. The van der Waals surface area contributed by atoms with E-state index in [1.54, 1.807) is 24.3 Å². The van der Waals surface area contributed by atoms with E-state index < -0.39 is 0 Å². The summed E-state index contributed by atoms with van der Waals surface area (Å²) in [5.74, 6) is 1.14. The monoisotopic (exact) mass is 383 g/mol. The van der Waals surface area contributed by atoms with Crippen molar-refractivity contribution in [1.29, 1.82) is 0 Å². The summed E-state index contributed by atoms with van der Waals surface area (Å²) in [4.78, 5) is 11.6. The predicted octanol–water partition coefficient (Wildman–Crippen LogP) is 3.68. The average Bonchev–Trinajstić information content (AvgIpc) is 2.52. The fourth-order valence-corrected chi connectivity index (χ4v) is 2.17. The Morgan fingerprint density at radius 2 is 1.82 bits per heavy atom. The van der Waals surface area contributed by atoms with Crippen LogP contribution in [0, 0.1) is 0 Å². The van der Waals surface area contributed by atoms with Gasteiger partial charge in [-0.05, 0) is 52.3 Å². The molecule has 4 nitrogen and oxygen atoms in total. The Hall–Kier alpha value is -1.72. The number of carbonyl (C=O) groups excluding carboxylic acids is 1. The van der Waals surface area contributed by atoms with Gasteiger partial charge in [0.25, 0.3) is 5.91 Å². The molecule has 0 aliphatic heterocycles. The molecule has 0 unspecified atom stereocenters. The van der Waals surface area contributed by atoms with Crippen molar-refractivity contribution in [3.05, 3.63) is 58.0 Å². The SMILES string of the molecule is O=C(COc1ccc(Cl)cc1)NCCOc1ccccc1Br. The second-order valence-electron chi connectivity index (χ2n) is 4.37. The lowest BCUT2D eigenvalue weighted by Gasteiger charge is -2.09. The number of ether oxygens (including phenoxy) is 2. The van der Waals surface area contributed by atoms with Crippen LogP contribution >= 0.6 is 27.5 Å². The Bertz CT molecular complexity index is 619. The maximum absolute atomic E-state index is 11.6. The standard InChI is InChI=1S/C16H15BrClNO3/c17-14-3-1-2-4-15(14)21-10-9-19-16(20)11-22-13-7-5-12(18)6-8-13/h1-8H,9-11H2,(H,19,20). The zero-order chi connectivity index (χ0) is 15.8. The fourth-order valence-electron chi connectivity index (χ4n) is 1.64. The summed E-state index contributed by atoms with van der Waals surface area (Å²) in [6, 6.07) is 14.4. The van der Waals surface area contributed by atoms with E-state index in [2.05, 4.69) is 21.2 Å². The lowest BCUT2D eigenvalue weighted by molar-refractivity contribution is -0.123. The second-order valence-corrected chi connectivity index (χ2v) is 5.66. The minimum absolute atomic E-state index is 0.0450. The molecule has 0 atom stereocenters. The summed E-state index contributed by atoms with van der Waals surface area (Å²) in [5, 5.41) is 3.35. The van der Waals surface area contributed by atoms with Gasteiger partial charge in [0.1, 0.15) is 18.1 Å². The van der Waals surface area contributed by atoms with E-state index in [1.165, 1.54) is 0 Å². The number of hydrogen-bond acceptors (Lipinski definition) is 3. The van der Waals surface area contributed by atoms with Crippen molar-refractivity contribution in [3.8, 4) is 11.5 Å². The van der Waals surface area contributed by atoms with Crippen molar-refractivity contribution in [1.82, 2.24) is 5.32 Å². The van der Waals surface area contributed by atoms with Crippen molar-refractivity contribution >= 4 is 33.4 Å². The number of carbonyl (C=O) groups is 1. The first-order chi connectivity index (χ1) is 10.6. The molecule has 22 heavy (non-hydrogen) atoms. The van der Waals surface area contributed by atoms with E-state index >= 15 is 0 Å². The summed E-state index contributed by atoms with van der Waals surface area (Å²) in [7, 11) is 0. The highest BCUT2D eigenvalue weighted by atomic mass is 79.9. The lowest BCUT2D eigenvalue weighted by atomic mass is 10.3. The fraction of sp³-hybridized carbons (Fsp3) is 0.188. The highest BCUT2D eigenvalue weighted by molar-refractivity contribution is 9.10. The van der Waals surface area contributed by atoms with Gasteiger partial charge in [0.2, 0.25) is 0 Å². The number of halogens is 2. The van der Waals surface area contributed by atoms with Crippen LogP contribution in [0.15, 0.2) is 53.0 Å². The van der Waals surface area contributed by atoms with Gasteiger partial charge in [-0.3, -0.25) is 4.79 Å². The maximum Gasteiger partial charge on any atom is 0.258 e. The van der Waals surface area contributed by atoms with Crippen LogP contribution in [0.5, 0.6) is 11.5 Å². The molecule has 2 rings (SSSR count). The van der Waals surface area contributed by atoms with E-state index in [0.29, 0.717) is 23.9 Å². The van der Waals surface area contributed by atoms with Gasteiger partial charge < -0.3 is 14.8 Å². The van der Waals surface area contributed by atoms with Crippen LogP contribution in [0.4, 0.5) is 0 Å². The van der Waals surface area contributed by atoms with E-state index in [-0.39, 0.29) is 12.5 Å². The number of benzene rings is 2. The van der Waals surface area contributed by atoms with Crippen molar-refractivity contribution in [2.45, 2.75) is 0 Å². The molecular formula is C16H15BrClNO3. The summed E-state index contributed by atoms with van der Waals surface area (Å²) < 4.78 is 11.8. The van der Waals surface area contributed by atoms with Crippen LogP contribution in [0.2, 0.25) is 5.02 Å². The van der Waals surface area contributed by atoms with E-state index in [9.17, 15) is 4.79 Å². The molecule has 0 radical (unpaired) electrons. The van der Waals surface area contributed by atoms with Gasteiger partial charge in [0.15, 0.2) is 6.61 Å². The number of amides is 1. The largest absolute Gasteiger partial charge is 0.491 e. The summed E-state index contributed by atoms with van der Waals surface area (Å²) in [6.07, 6.45) is 0. The molecule has 1 amide bonds. The Balaban J connectivity index is 1.64. The molecule has 6 heteroatoms. The third-order valence-electron chi connectivity index (χ3n) is 2.70. The van der Waals surface area contributed by atoms with E-state index in [1.807, 2.05) is 24.3 Å². The molecule has 116 valence electrons. The first-order valence-electron chi connectivity index (χ1n) is 6.67. The molecule has 0 aliphatic rings. The molecule has 0 spiro atoms. The van der Waals surface area contributed by atoms with Gasteiger partial charge in [-0.2, -0.15) is 0 Å². The molecule has 0 heterocycles. The number of nitrogens with one attached hydrogen (secondary N) is 1. The van der Waals surface area contributed by atoms with E-state index in [0.717, 1.165) is 10.2 Å². The summed E-state index contributed by atoms with van der Waals surface area (Å²) in [6.45, 7) is 0.746. The Morgan fingerprint density at radius 1 is 1.09 bits per heavy atom. The zero-order valence-electron chi connectivity index (χ0n) is 11.7. The normalized spacial score (nSPS) is 10.1. The van der Waals surface area contributed by atoms with Crippen LogP contribution in [-0.2, 0) is 4.79 Å². The number of rotatable bonds is 7. The highest BCUT2D eigenvalue weighted by Gasteiger charge is 2.03. The number of para-hydroxylation sites is 1. The predicted molar refractivity (Wildman–Crippen MR) is 89.6 cm³/mol. The topological polar surface area (TPSA) is 47.6 Å². The van der Waals surface area contributed by atoms with Gasteiger partial charge in [-0.25, -0.2) is 0 Å².